The fourth-order valence-corrected chi connectivity index (χ4v) is 2.82. The van der Waals surface area contributed by atoms with E-state index in [0.29, 0.717) is 11.1 Å². The Balaban J connectivity index is 1.98. The highest BCUT2D eigenvalue weighted by molar-refractivity contribution is 6.09. The molecule has 2 unspecified atom stereocenters. The molecule has 1 aromatic carbocycles. The number of hydrazone groups is 1. The predicted octanol–water partition coefficient (Wildman–Crippen LogP) is 2.64. The lowest BCUT2D eigenvalue weighted by atomic mass is 10.1. The maximum Gasteiger partial charge on any atom is 0.411 e. The average molecular weight is 339 g/mol. The number of benzene rings is 1. The van der Waals surface area contributed by atoms with Gasteiger partial charge in [0.05, 0.1) is 5.69 Å². The second-order valence-corrected chi connectivity index (χ2v) is 5.81. The van der Waals surface area contributed by atoms with E-state index >= 15 is 0 Å². The Bertz CT molecular complexity index is 728. The molecule has 5 nitrogen and oxygen atoms in total. The predicted molar refractivity (Wildman–Crippen MR) is 82.0 cm³/mol. The Kier molecular flexibility index (Phi) is 3.87. The smallest absolute Gasteiger partial charge is 0.369 e. The normalized spacial score (nSPS) is 24.9. The van der Waals surface area contributed by atoms with Gasteiger partial charge in [0.2, 0.25) is 0 Å². The fraction of sp³-hybridized carbons (Fsp3) is 0.375. The van der Waals surface area contributed by atoms with Crippen LogP contribution in [0.25, 0.3) is 0 Å². The van der Waals surface area contributed by atoms with E-state index in [9.17, 15) is 23.1 Å². The molecule has 0 spiro atoms. The maximum absolute atomic E-state index is 13.4. The Labute approximate surface area is 136 Å². The van der Waals surface area contributed by atoms with Crippen molar-refractivity contribution in [2.45, 2.75) is 38.7 Å². The molecule has 1 amide bonds. The molecule has 128 valence electrons. The quantitative estimate of drug-likeness (QED) is 0.856. The lowest BCUT2D eigenvalue weighted by Gasteiger charge is -2.25. The van der Waals surface area contributed by atoms with Crippen molar-refractivity contribution in [2.75, 3.05) is 5.01 Å². The zero-order valence-electron chi connectivity index (χ0n) is 13.1. The number of nitrogens with zero attached hydrogens (tertiary/aromatic N) is 3. The van der Waals surface area contributed by atoms with E-state index in [2.05, 4.69) is 5.10 Å². The highest BCUT2D eigenvalue weighted by Crippen LogP contribution is 2.37. The van der Waals surface area contributed by atoms with Gasteiger partial charge in [-0.2, -0.15) is 18.3 Å². The monoisotopic (exact) mass is 339 g/mol. The molecule has 2 heterocycles. The van der Waals surface area contributed by atoms with E-state index in [4.69, 9.17) is 0 Å². The molecule has 0 bridgehead atoms. The summed E-state index contributed by atoms with van der Waals surface area (Å²) >= 11 is 0. The summed E-state index contributed by atoms with van der Waals surface area (Å²) in [5.41, 5.74) is 1.02. The fourth-order valence-electron chi connectivity index (χ4n) is 2.82. The van der Waals surface area contributed by atoms with Crippen LogP contribution in [0.3, 0.4) is 0 Å². The van der Waals surface area contributed by atoms with Crippen LogP contribution < -0.4 is 5.01 Å². The van der Waals surface area contributed by atoms with Crippen LogP contribution >= 0.6 is 0 Å². The molecule has 1 aromatic rings. The van der Waals surface area contributed by atoms with Crippen molar-refractivity contribution in [1.29, 1.82) is 0 Å². The Morgan fingerprint density at radius 3 is 2.33 bits per heavy atom. The number of aliphatic hydroxyl groups excluding tert-OH is 1. The zero-order valence-corrected chi connectivity index (χ0v) is 13.1. The van der Waals surface area contributed by atoms with Crippen molar-refractivity contribution >= 4 is 17.4 Å². The number of amidine groups is 1. The maximum atomic E-state index is 13.4. The number of hydrogen-bond acceptors (Lipinski definition) is 4. The van der Waals surface area contributed by atoms with Gasteiger partial charge in [-0.1, -0.05) is 18.2 Å². The molecule has 0 fully saturated rings. The first-order valence-electron chi connectivity index (χ1n) is 7.39. The Hall–Kier alpha value is -2.35. The number of hydrogen-bond donors (Lipinski definition) is 1. The van der Waals surface area contributed by atoms with Crippen molar-refractivity contribution in [3.63, 3.8) is 0 Å². The number of amides is 1. The summed E-state index contributed by atoms with van der Waals surface area (Å²) < 4.78 is 40.2. The molecule has 0 radical (unpaired) electrons. The summed E-state index contributed by atoms with van der Waals surface area (Å²) in [6.07, 6.45) is -6.30. The highest BCUT2D eigenvalue weighted by atomic mass is 19.4. The first kappa shape index (κ1) is 16.5. The molecule has 0 aromatic heterocycles. The molecule has 2 atom stereocenters. The van der Waals surface area contributed by atoms with E-state index in [0.717, 1.165) is 9.91 Å². The second kappa shape index (κ2) is 5.62. The van der Waals surface area contributed by atoms with Crippen LogP contribution in [0.15, 0.2) is 46.6 Å². The van der Waals surface area contributed by atoms with E-state index in [1.165, 1.54) is 19.1 Å². The third-order valence-electron chi connectivity index (χ3n) is 4.33. The molecule has 2 aliphatic heterocycles. The number of halogens is 3. The highest BCUT2D eigenvalue weighted by Gasteiger charge is 2.51. The number of aliphatic hydroxyl groups is 1. The Morgan fingerprint density at radius 1 is 1.21 bits per heavy atom. The van der Waals surface area contributed by atoms with Crippen LogP contribution in [0.5, 0.6) is 0 Å². The molecule has 2 aliphatic rings. The summed E-state index contributed by atoms with van der Waals surface area (Å²) in [5, 5.41) is 15.0. The van der Waals surface area contributed by atoms with Crippen LogP contribution in [0.2, 0.25) is 0 Å². The van der Waals surface area contributed by atoms with Gasteiger partial charge in [0.25, 0.3) is 5.91 Å². The summed E-state index contributed by atoms with van der Waals surface area (Å²) in [6.45, 7) is 3.11. The molecule has 24 heavy (non-hydrogen) atoms. The summed E-state index contributed by atoms with van der Waals surface area (Å²) in [6, 6.07) is 6.07. The minimum atomic E-state index is -4.52. The second-order valence-electron chi connectivity index (χ2n) is 5.81. The first-order valence-corrected chi connectivity index (χ1v) is 7.39. The van der Waals surface area contributed by atoms with Gasteiger partial charge < -0.3 is 5.11 Å². The number of carbonyl (C=O) groups excluding carboxylic acids is 1. The third kappa shape index (κ3) is 2.56. The molecule has 0 saturated carbocycles. The van der Waals surface area contributed by atoms with Gasteiger partial charge >= 0.3 is 6.18 Å². The van der Waals surface area contributed by atoms with Crippen molar-refractivity contribution in [1.82, 2.24) is 4.90 Å². The minimum absolute atomic E-state index is 0.0881. The van der Waals surface area contributed by atoms with Gasteiger partial charge in [-0.05, 0) is 31.6 Å². The third-order valence-corrected chi connectivity index (χ3v) is 4.33. The lowest BCUT2D eigenvalue weighted by molar-refractivity contribution is -0.146. The van der Waals surface area contributed by atoms with Gasteiger partial charge in [-0.3, -0.25) is 14.7 Å². The number of para-hydroxylation sites is 1. The van der Waals surface area contributed by atoms with Gasteiger partial charge in [0.1, 0.15) is 5.84 Å². The van der Waals surface area contributed by atoms with E-state index in [1.54, 1.807) is 25.1 Å². The first-order chi connectivity index (χ1) is 11.2. The van der Waals surface area contributed by atoms with Crippen molar-refractivity contribution in [3.8, 4) is 0 Å². The van der Waals surface area contributed by atoms with E-state index < -0.39 is 30.8 Å². The van der Waals surface area contributed by atoms with Gasteiger partial charge in [0, 0.05) is 12.0 Å². The number of rotatable bonds is 1. The zero-order chi connectivity index (χ0) is 17.6. The van der Waals surface area contributed by atoms with Gasteiger partial charge in [0.15, 0.2) is 12.3 Å². The number of alkyl halides is 3. The Morgan fingerprint density at radius 2 is 1.83 bits per heavy atom. The average Bonchev–Trinajstić information content (AvgIpc) is 3.05. The summed E-state index contributed by atoms with van der Waals surface area (Å²) in [5.74, 6) is -0.607. The number of carbonyl (C=O) groups is 1. The minimum Gasteiger partial charge on any atom is -0.369 e. The largest absolute Gasteiger partial charge is 0.411 e. The van der Waals surface area contributed by atoms with Crippen molar-refractivity contribution in [2.24, 2.45) is 5.10 Å². The molecular formula is C16H16F3N3O2. The standard InChI is InChI=1S/C16H16F3N3O2/c1-9-10(2)15(24)21(14(9)23)13-8-12(16(17,18)19)22(20-13)11-6-4-3-5-7-11/h3-7,12,14,23H,8H2,1-2H3. The molecule has 8 heteroatoms. The number of anilines is 1. The molecule has 1 N–H and O–H groups in total. The van der Waals surface area contributed by atoms with Crippen molar-refractivity contribution in [3.05, 3.63) is 41.5 Å². The van der Waals surface area contributed by atoms with Crippen LogP contribution in [-0.4, -0.2) is 40.2 Å². The molecule has 0 aliphatic carbocycles. The van der Waals surface area contributed by atoms with Crippen LogP contribution in [0.4, 0.5) is 18.9 Å². The van der Waals surface area contributed by atoms with Gasteiger partial charge in [-0.25, -0.2) is 0 Å². The molecule has 0 saturated heterocycles. The van der Waals surface area contributed by atoms with Crippen LogP contribution in [-0.2, 0) is 4.79 Å². The van der Waals surface area contributed by atoms with Crippen LogP contribution in [0.1, 0.15) is 20.3 Å². The van der Waals surface area contributed by atoms with Crippen LogP contribution in [0, 0.1) is 0 Å². The topological polar surface area (TPSA) is 56.1 Å². The summed E-state index contributed by atoms with van der Waals surface area (Å²) in [7, 11) is 0. The van der Waals surface area contributed by atoms with Gasteiger partial charge in [-0.15, -0.1) is 0 Å². The molecule has 3 rings (SSSR count). The SMILES string of the molecule is CC1=C(C)C(O)N(C2=NN(c3ccccc3)C(C(F)(F)F)C2)C1=O. The molecular weight excluding hydrogens is 323 g/mol. The summed E-state index contributed by atoms with van der Waals surface area (Å²) in [4.78, 5) is 13.2. The van der Waals surface area contributed by atoms with E-state index in [1.807, 2.05) is 0 Å². The lowest BCUT2D eigenvalue weighted by Crippen LogP contribution is -2.43. The van der Waals surface area contributed by atoms with E-state index in [-0.39, 0.29) is 11.5 Å². The van der Waals surface area contributed by atoms with Crippen molar-refractivity contribution < 1.29 is 23.1 Å².